The molecule has 1 aromatic carbocycles. The number of thiocarbonyl (C=S) groups is 1. The van der Waals surface area contributed by atoms with Gasteiger partial charge in [0.15, 0.2) is 5.11 Å². The van der Waals surface area contributed by atoms with Gasteiger partial charge in [-0.15, -0.1) is 0 Å². The van der Waals surface area contributed by atoms with Gasteiger partial charge in [-0.25, -0.2) is 0 Å². The third-order valence-electron chi connectivity index (χ3n) is 5.37. The number of ether oxygens (including phenoxy) is 1. The topological polar surface area (TPSA) is 85.5 Å². The number of rotatable bonds is 8. The summed E-state index contributed by atoms with van der Waals surface area (Å²) < 4.78 is 7.28. The van der Waals surface area contributed by atoms with Gasteiger partial charge in [-0.3, -0.25) is 15.1 Å². The van der Waals surface area contributed by atoms with Crippen LogP contribution in [0.15, 0.2) is 67.0 Å². The van der Waals surface area contributed by atoms with Crippen LogP contribution in [0, 0.1) is 10.1 Å². The van der Waals surface area contributed by atoms with E-state index in [1.807, 2.05) is 35.0 Å². The summed E-state index contributed by atoms with van der Waals surface area (Å²) in [4.78, 5) is 17.4. The molecular formula is C22H23N5O3S. The van der Waals surface area contributed by atoms with E-state index in [1.165, 1.54) is 12.1 Å². The fraction of sp³-hybridized carbons (Fsp3) is 0.273. The van der Waals surface area contributed by atoms with Crippen LogP contribution >= 0.6 is 12.2 Å². The van der Waals surface area contributed by atoms with Crippen molar-refractivity contribution in [2.24, 2.45) is 0 Å². The predicted molar refractivity (Wildman–Crippen MR) is 121 cm³/mol. The molecule has 2 atom stereocenters. The molecule has 3 heterocycles. The van der Waals surface area contributed by atoms with Crippen molar-refractivity contribution in [1.82, 2.24) is 19.8 Å². The van der Waals surface area contributed by atoms with Gasteiger partial charge in [-0.05, 0) is 55.0 Å². The van der Waals surface area contributed by atoms with Crippen molar-refractivity contribution in [1.29, 1.82) is 0 Å². The maximum absolute atomic E-state index is 11.0. The smallest absolute Gasteiger partial charge is 0.269 e. The lowest BCUT2D eigenvalue weighted by atomic mass is 10.0. The second-order valence-corrected chi connectivity index (χ2v) is 7.63. The van der Waals surface area contributed by atoms with Crippen LogP contribution in [0.3, 0.4) is 0 Å². The molecule has 2 aromatic heterocycles. The third-order valence-corrected chi connectivity index (χ3v) is 5.72. The summed E-state index contributed by atoms with van der Waals surface area (Å²) in [6.45, 7) is 1.38. The highest BCUT2D eigenvalue weighted by Gasteiger charge is 2.40. The van der Waals surface area contributed by atoms with Crippen LogP contribution in [0.2, 0.25) is 0 Å². The first-order chi connectivity index (χ1) is 15.1. The summed E-state index contributed by atoms with van der Waals surface area (Å²) in [6, 6.07) is 16.2. The molecule has 0 saturated carbocycles. The Labute approximate surface area is 185 Å². The van der Waals surface area contributed by atoms with Gasteiger partial charge in [-0.1, -0.05) is 6.07 Å². The van der Waals surface area contributed by atoms with Crippen molar-refractivity contribution in [3.05, 3.63) is 88.5 Å². The molecule has 0 bridgehead atoms. The van der Waals surface area contributed by atoms with Gasteiger partial charge >= 0.3 is 0 Å². The average Bonchev–Trinajstić information content (AvgIpc) is 3.39. The molecule has 0 radical (unpaired) electrons. The molecule has 1 aliphatic rings. The van der Waals surface area contributed by atoms with Crippen LogP contribution in [0.1, 0.15) is 29.9 Å². The van der Waals surface area contributed by atoms with Crippen molar-refractivity contribution in [2.45, 2.75) is 18.5 Å². The Balaban J connectivity index is 1.74. The first-order valence-electron chi connectivity index (χ1n) is 9.99. The highest BCUT2D eigenvalue weighted by atomic mass is 32.1. The molecule has 0 unspecified atom stereocenters. The maximum Gasteiger partial charge on any atom is 0.269 e. The van der Waals surface area contributed by atoms with Crippen LogP contribution in [0.4, 0.5) is 5.69 Å². The lowest BCUT2D eigenvalue weighted by molar-refractivity contribution is -0.384. The largest absolute Gasteiger partial charge is 0.385 e. The minimum absolute atomic E-state index is 0.0636. The normalized spacial score (nSPS) is 18.2. The number of nitrogens with one attached hydrogen (secondary N) is 1. The number of non-ortho nitro benzene ring substituents is 1. The molecule has 3 aromatic rings. The highest BCUT2D eigenvalue weighted by Crippen LogP contribution is 2.39. The summed E-state index contributed by atoms with van der Waals surface area (Å²) in [6.07, 6.45) is 4.57. The van der Waals surface area contributed by atoms with Gasteiger partial charge in [0.1, 0.15) is 0 Å². The molecule has 8 nitrogen and oxygen atoms in total. The lowest BCUT2D eigenvalue weighted by Crippen LogP contribution is -2.32. The number of nitro groups is 1. The van der Waals surface area contributed by atoms with E-state index < -0.39 is 4.92 Å². The molecule has 4 rings (SSSR count). The third kappa shape index (κ3) is 4.28. The molecule has 0 aliphatic carbocycles. The van der Waals surface area contributed by atoms with E-state index in [0.29, 0.717) is 11.7 Å². The average molecular weight is 438 g/mol. The zero-order valence-corrected chi connectivity index (χ0v) is 17.9. The van der Waals surface area contributed by atoms with E-state index in [4.69, 9.17) is 17.0 Å². The van der Waals surface area contributed by atoms with E-state index in [-0.39, 0.29) is 17.8 Å². The summed E-state index contributed by atoms with van der Waals surface area (Å²) in [7, 11) is 1.69. The molecule has 1 N–H and O–H groups in total. The quantitative estimate of drug-likeness (QED) is 0.248. The minimum Gasteiger partial charge on any atom is -0.385 e. The maximum atomic E-state index is 11.0. The molecule has 31 heavy (non-hydrogen) atoms. The number of hydrogen-bond donors (Lipinski definition) is 1. The Bertz CT molecular complexity index is 1050. The Hall–Kier alpha value is -3.30. The van der Waals surface area contributed by atoms with Crippen LogP contribution < -0.4 is 5.32 Å². The van der Waals surface area contributed by atoms with Gasteiger partial charge in [0.05, 0.1) is 22.7 Å². The lowest BCUT2D eigenvalue weighted by Gasteiger charge is -2.29. The van der Waals surface area contributed by atoms with Crippen molar-refractivity contribution in [2.75, 3.05) is 20.3 Å². The molecule has 1 aliphatic heterocycles. The van der Waals surface area contributed by atoms with Crippen molar-refractivity contribution < 1.29 is 9.66 Å². The summed E-state index contributed by atoms with van der Waals surface area (Å²) >= 11 is 5.69. The van der Waals surface area contributed by atoms with Gasteiger partial charge in [0.2, 0.25) is 0 Å². The fourth-order valence-electron chi connectivity index (χ4n) is 3.95. The fourth-order valence-corrected chi connectivity index (χ4v) is 4.28. The number of hydrogen-bond acceptors (Lipinski definition) is 5. The van der Waals surface area contributed by atoms with Crippen LogP contribution in [-0.4, -0.2) is 44.7 Å². The Morgan fingerprint density at radius 3 is 2.68 bits per heavy atom. The molecule has 9 heteroatoms. The predicted octanol–water partition coefficient (Wildman–Crippen LogP) is 3.79. The number of methoxy groups -OCH3 is 1. The number of pyridine rings is 1. The van der Waals surface area contributed by atoms with E-state index in [0.717, 1.165) is 30.0 Å². The number of nitro benzene ring substituents is 1. The SMILES string of the molecule is COCCCN1C(=S)N[C@@H](c2ccccn2)[C@H]1c1cccn1-c1ccc([N+](=O)[O-])cc1. The van der Waals surface area contributed by atoms with E-state index in [2.05, 4.69) is 21.3 Å². The monoisotopic (exact) mass is 437 g/mol. The Morgan fingerprint density at radius 2 is 2.00 bits per heavy atom. The zero-order valence-electron chi connectivity index (χ0n) is 17.0. The molecule has 0 spiro atoms. The molecule has 160 valence electrons. The van der Waals surface area contributed by atoms with E-state index in [9.17, 15) is 10.1 Å². The van der Waals surface area contributed by atoms with Gasteiger partial charge in [0.25, 0.3) is 5.69 Å². The first kappa shape index (κ1) is 21.0. The van der Waals surface area contributed by atoms with Crippen LogP contribution in [0.25, 0.3) is 5.69 Å². The van der Waals surface area contributed by atoms with Gasteiger partial charge < -0.3 is 19.5 Å². The summed E-state index contributed by atoms with van der Waals surface area (Å²) in [5, 5.41) is 15.1. The molecule has 1 saturated heterocycles. The van der Waals surface area contributed by atoms with Crippen LogP contribution in [0.5, 0.6) is 0 Å². The minimum atomic E-state index is -0.395. The Morgan fingerprint density at radius 1 is 1.19 bits per heavy atom. The van der Waals surface area contributed by atoms with E-state index in [1.54, 1.807) is 25.4 Å². The van der Waals surface area contributed by atoms with Crippen LogP contribution in [-0.2, 0) is 4.74 Å². The van der Waals surface area contributed by atoms with Crippen molar-refractivity contribution >= 4 is 23.0 Å². The second kappa shape index (κ2) is 9.23. The highest BCUT2D eigenvalue weighted by molar-refractivity contribution is 7.80. The van der Waals surface area contributed by atoms with E-state index >= 15 is 0 Å². The first-order valence-corrected chi connectivity index (χ1v) is 10.4. The van der Waals surface area contributed by atoms with Crippen molar-refractivity contribution in [3.8, 4) is 5.69 Å². The molecule has 1 fully saturated rings. The summed E-state index contributed by atoms with van der Waals surface area (Å²) in [5.74, 6) is 0. The molecule has 0 amide bonds. The Kier molecular flexibility index (Phi) is 6.24. The van der Waals surface area contributed by atoms with Gasteiger partial charge in [-0.2, -0.15) is 0 Å². The van der Waals surface area contributed by atoms with Gasteiger partial charge in [0, 0.05) is 56.2 Å². The number of benzene rings is 1. The summed E-state index contributed by atoms with van der Waals surface area (Å²) in [5.41, 5.74) is 2.84. The molecular weight excluding hydrogens is 414 g/mol. The van der Waals surface area contributed by atoms with Crippen molar-refractivity contribution in [3.63, 3.8) is 0 Å². The standard InChI is InChI=1S/C22H23N5O3S/c1-30-15-5-14-26-21(20(24-22(26)31)18-6-2-3-12-23-18)19-7-4-13-25(19)16-8-10-17(11-9-16)27(28)29/h2-4,6-13,20-21H,5,14-15H2,1H3,(H,24,31)/t20-,21+/m0/s1. The second-order valence-electron chi connectivity index (χ2n) is 7.24. The zero-order chi connectivity index (χ0) is 21.8. The number of nitrogens with zero attached hydrogens (tertiary/aromatic N) is 4. The number of aromatic nitrogens is 2.